The lowest BCUT2D eigenvalue weighted by molar-refractivity contribution is 0.408. The minimum Gasteiger partial charge on any atom is -0.496 e. The van der Waals surface area contributed by atoms with Crippen LogP contribution < -0.4 is 10.5 Å². The lowest BCUT2D eigenvalue weighted by atomic mass is 10.1. The number of aryl methyl sites for hydroxylation is 2. The number of ether oxygens (including phenoxy) is 1. The molecular formula is C13H16N2OS. The SMILES string of the molecule is COc1c(C)cc(-c2cnc(CN)s2)cc1C. The lowest BCUT2D eigenvalue weighted by Gasteiger charge is -2.10. The minimum atomic E-state index is 0.499. The van der Waals surface area contributed by atoms with Gasteiger partial charge in [0.05, 0.1) is 12.0 Å². The molecule has 0 spiro atoms. The zero-order chi connectivity index (χ0) is 12.4. The third kappa shape index (κ3) is 2.33. The molecule has 0 saturated carbocycles. The van der Waals surface area contributed by atoms with Crippen LogP contribution in [-0.4, -0.2) is 12.1 Å². The fraction of sp³-hybridized carbons (Fsp3) is 0.308. The van der Waals surface area contributed by atoms with E-state index in [0.717, 1.165) is 26.8 Å². The van der Waals surface area contributed by atoms with Crippen molar-refractivity contribution in [1.29, 1.82) is 0 Å². The van der Waals surface area contributed by atoms with Crippen LogP contribution in [0.3, 0.4) is 0 Å². The van der Waals surface area contributed by atoms with E-state index in [0.29, 0.717) is 6.54 Å². The summed E-state index contributed by atoms with van der Waals surface area (Å²) in [6.45, 7) is 4.61. The Bertz CT molecular complexity index is 511. The zero-order valence-corrected chi connectivity index (χ0v) is 11.1. The van der Waals surface area contributed by atoms with E-state index in [2.05, 4.69) is 31.0 Å². The quantitative estimate of drug-likeness (QED) is 0.908. The van der Waals surface area contributed by atoms with Crippen molar-refractivity contribution in [3.05, 3.63) is 34.5 Å². The number of nitrogens with two attached hydrogens (primary N) is 1. The molecular weight excluding hydrogens is 232 g/mol. The van der Waals surface area contributed by atoms with Crippen molar-refractivity contribution in [3.8, 4) is 16.2 Å². The van der Waals surface area contributed by atoms with Crippen LogP contribution in [0.1, 0.15) is 16.1 Å². The highest BCUT2D eigenvalue weighted by atomic mass is 32.1. The Labute approximate surface area is 105 Å². The van der Waals surface area contributed by atoms with E-state index in [4.69, 9.17) is 10.5 Å². The number of hydrogen-bond acceptors (Lipinski definition) is 4. The maximum absolute atomic E-state index is 5.57. The first kappa shape index (κ1) is 12.1. The average Bonchev–Trinajstić information content (AvgIpc) is 2.77. The molecule has 0 bridgehead atoms. The van der Waals surface area contributed by atoms with E-state index in [1.54, 1.807) is 18.4 Å². The van der Waals surface area contributed by atoms with Gasteiger partial charge in [0.1, 0.15) is 10.8 Å². The third-order valence-corrected chi connectivity index (χ3v) is 3.75. The van der Waals surface area contributed by atoms with Crippen molar-refractivity contribution in [2.75, 3.05) is 7.11 Å². The van der Waals surface area contributed by atoms with Gasteiger partial charge in [0, 0.05) is 12.7 Å². The van der Waals surface area contributed by atoms with Crippen LogP contribution in [-0.2, 0) is 6.54 Å². The Balaban J connectivity index is 2.46. The van der Waals surface area contributed by atoms with Gasteiger partial charge < -0.3 is 10.5 Å². The van der Waals surface area contributed by atoms with Crippen LogP contribution >= 0.6 is 11.3 Å². The molecule has 0 atom stereocenters. The first-order chi connectivity index (χ1) is 8.15. The molecule has 0 unspecified atom stereocenters. The Morgan fingerprint density at radius 3 is 2.41 bits per heavy atom. The predicted octanol–water partition coefficient (Wildman–Crippen LogP) is 2.89. The Hall–Kier alpha value is -1.39. The second-order valence-corrected chi connectivity index (χ2v) is 5.08. The van der Waals surface area contributed by atoms with E-state index in [1.165, 1.54) is 5.56 Å². The van der Waals surface area contributed by atoms with Crippen LogP contribution in [0.5, 0.6) is 5.75 Å². The molecule has 17 heavy (non-hydrogen) atoms. The molecule has 0 fully saturated rings. The molecule has 2 N–H and O–H groups in total. The van der Waals surface area contributed by atoms with Gasteiger partial charge in [-0.3, -0.25) is 0 Å². The van der Waals surface area contributed by atoms with Gasteiger partial charge in [-0.05, 0) is 42.7 Å². The second kappa shape index (κ2) is 4.85. The van der Waals surface area contributed by atoms with Crippen LogP contribution in [0.15, 0.2) is 18.3 Å². The first-order valence-corrected chi connectivity index (χ1v) is 6.27. The third-order valence-electron chi connectivity index (χ3n) is 2.68. The molecule has 3 nitrogen and oxygen atoms in total. The van der Waals surface area contributed by atoms with E-state index in [9.17, 15) is 0 Å². The Morgan fingerprint density at radius 1 is 1.29 bits per heavy atom. The van der Waals surface area contributed by atoms with Crippen molar-refractivity contribution in [3.63, 3.8) is 0 Å². The highest BCUT2D eigenvalue weighted by Crippen LogP contribution is 2.32. The summed E-state index contributed by atoms with van der Waals surface area (Å²) in [4.78, 5) is 5.43. The standard InChI is InChI=1S/C13H16N2OS/c1-8-4-10(5-9(2)13(8)16-3)11-7-15-12(6-14)17-11/h4-5,7H,6,14H2,1-3H3. The number of nitrogens with zero attached hydrogens (tertiary/aromatic N) is 1. The molecule has 4 heteroatoms. The van der Waals surface area contributed by atoms with Gasteiger partial charge in [0.25, 0.3) is 0 Å². The van der Waals surface area contributed by atoms with E-state index < -0.39 is 0 Å². The second-order valence-electron chi connectivity index (χ2n) is 3.97. The van der Waals surface area contributed by atoms with Gasteiger partial charge in [-0.25, -0.2) is 4.98 Å². The molecule has 1 heterocycles. The lowest BCUT2D eigenvalue weighted by Crippen LogP contribution is -1.93. The number of benzene rings is 1. The van der Waals surface area contributed by atoms with E-state index in [1.807, 2.05) is 6.20 Å². The van der Waals surface area contributed by atoms with Crippen LogP contribution in [0.2, 0.25) is 0 Å². The van der Waals surface area contributed by atoms with E-state index >= 15 is 0 Å². The molecule has 1 aromatic heterocycles. The summed E-state index contributed by atoms with van der Waals surface area (Å²) < 4.78 is 5.36. The summed E-state index contributed by atoms with van der Waals surface area (Å²) in [7, 11) is 1.70. The molecule has 0 radical (unpaired) electrons. The average molecular weight is 248 g/mol. The highest BCUT2D eigenvalue weighted by Gasteiger charge is 2.09. The van der Waals surface area contributed by atoms with Gasteiger partial charge in [-0.1, -0.05) is 0 Å². The number of aromatic nitrogens is 1. The van der Waals surface area contributed by atoms with Crippen LogP contribution in [0.25, 0.3) is 10.4 Å². The highest BCUT2D eigenvalue weighted by molar-refractivity contribution is 7.15. The summed E-state index contributed by atoms with van der Waals surface area (Å²) in [5.74, 6) is 0.956. The van der Waals surface area contributed by atoms with Crippen molar-refractivity contribution < 1.29 is 4.74 Å². The fourth-order valence-electron chi connectivity index (χ4n) is 1.95. The number of rotatable bonds is 3. The normalized spacial score (nSPS) is 10.6. The first-order valence-electron chi connectivity index (χ1n) is 5.46. The summed E-state index contributed by atoms with van der Waals surface area (Å²) in [5, 5.41) is 0.964. The van der Waals surface area contributed by atoms with Gasteiger partial charge >= 0.3 is 0 Å². The molecule has 1 aromatic carbocycles. The predicted molar refractivity (Wildman–Crippen MR) is 71.5 cm³/mol. The molecule has 0 aliphatic heterocycles. The maximum atomic E-state index is 5.57. The Kier molecular flexibility index (Phi) is 3.45. The van der Waals surface area contributed by atoms with Crippen LogP contribution in [0, 0.1) is 13.8 Å². The molecule has 90 valence electrons. The molecule has 2 rings (SSSR count). The number of methoxy groups -OCH3 is 1. The number of thiazole rings is 1. The maximum Gasteiger partial charge on any atom is 0.124 e. The molecule has 2 aromatic rings. The summed E-state index contributed by atoms with van der Waals surface area (Å²) in [6.07, 6.45) is 1.88. The summed E-state index contributed by atoms with van der Waals surface area (Å²) in [6, 6.07) is 4.25. The number of hydrogen-bond donors (Lipinski definition) is 1. The van der Waals surface area contributed by atoms with Gasteiger partial charge in [0.15, 0.2) is 0 Å². The van der Waals surface area contributed by atoms with Crippen molar-refractivity contribution >= 4 is 11.3 Å². The van der Waals surface area contributed by atoms with Crippen molar-refractivity contribution in [2.24, 2.45) is 5.73 Å². The fourth-order valence-corrected chi connectivity index (χ4v) is 2.74. The summed E-state index contributed by atoms with van der Waals surface area (Å²) >= 11 is 1.64. The molecule has 0 aliphatic rings. The topological polar surface area (TPSA) is 48.1 Å². The molecule has 0 aliphatic carbocycles. The van der Waals surface area contributed by atoms with Crippen molar-refractivity contribution in [1.82, 2.24) is 4.98 Å². The van der Waals surface area contributed by atoms with Gasteiger partial charge in [-0.2, -0.15) is 0 Å². The van der Waals surface area contributed by atoms with E-state index in [-0.39, 0.29) is 0 Å². The minimum absolute atomic E-state index is 0.499. The van der Waals surface area contributed by atoms with Gasteiger partial charge in [-0.15, -0.1) is 11.3 Å². The summed E-state index contributed by atoms with van der Waals surface area (Å²) in [5.41, 5.74) is 9.04. The van der Waals surface area contributed by atoms with Gasteiger partial charge in [0.2, 0.25) is 0 Å². The largest absolute Gasteiger partial charge is 0.496 e. The molecule has 0 amide bonds. The molecule has 0 saturated heterocycles. The van der Waals surface area contributed by atoms with Crippen molar-refractivity contribution in [2.45, 2.75) is 20.4 Å². The monoisotopic (exact) mass is 248 g/mol. The Morgan fingerprint density at radius 2 is 1.94 bits per heavy atom. The smallest absolute Gasteiger partial charge is 0.124 e. The van der Waals surface area contributed by atoms with Crippen LogP contribution in [0.4, 0.5) is 0 Å². The zero-order valence-electron chi connectivity index (χ0n) is 10.3.